The Hall–Kier alpha value is -1.38. The van der Waals surface area contributed by atoms with Crippen molar-refractivity contribution in [1.29, 1.82) is 0 Å². The van der Waals surface area contributed by atoms with E-state index < -0.39 is 0 Å². The summed E-state index contributed by atoms with van der Waals surface area (Å²) in [6.07, 6.45) is 4.15. The highest BCUT2D eigenvalue weighted by Crippen LogP contribution is 2.44. The Morgan fingerprint density at radius 1 is 1.29 bits per heavy atom. The van der Waals surface area contributed by atoms with Crippen molar-refractivity contribution in [2.24, 2.45) is 0 Å². The van der Waals surface area contributed by atoms with Gasteiger partial charge in [0.05, 0.1) is 17.4 Å². The number of fused-ring (bicyclic) bond motifs is 1. The van der Waals surface area contributed by atoms with Crippen LogP contribution in [0.15, 0.2) is 18.5 Å². The molecule has 1 heterocycles. The molecule has 0 radical (unpaired) electrons. The Balaban J connectivity index is 0.000000514. The Bertz CT molecular complexity index is 538. The Morgan fingerprint density at radius 3 is 2.53 bits per heavy atom. The van der Waals surface area contributed by atoms with Crippen LogP contribution >= 0.6 is 0 Å². The molecule has 1 aromatic carbocycles. The predicted octanol–water partition coefficient (Wildman–Crippen LogP) is 4.02. The maximum atomic E-state index is 13.5. The van der Waals surface area contributed by atoms with E-state index in [-0.39, 0.29) is 11.4 Å². The molecule has 0 unspecified atom stereocenters. The van der Waals surface area contributed by atoms with E-state index >= 15 is 0 Å². The number of hydrogen-bond donors (Lipinski definition) is 0. The molecule has 92 valence electrons. The first-order chi connectivity index (χ1) is 8.10. The van der Waals surface area contributed by atoms with Crippen LogP contribution < -0.4 is 0 Å². The summed E-state index contributed by atoms with van der Waals surface area (Å²) < 4.78 is 15.6. The third-order valence-electron chi connectivity index (χ3n) is 3.38. The predicted molar refractivity (Wildman–Crippen MR) is 68.7 cm³/mol. The minimum atomic E-state index is -0.145. The van der Waals surface area contributed by atoms with E-state index in [0.29, 0.717) is 5.56 Å². The summed E-state index contributed by atoms with van der Waals surface area (Å²) in [4.78, 5) is 4.32. The average Bonchev–Trinajstić information content (AvgIpc) is 2.93. The molecule has 1 fully saturated rings. The number of rotatable bonds is 1. The van der Waals surface area contributed by atoms with Crippen molar-refractivity contribution in [3.05, 3.63) is 29.8 Å². The first kappa shape index (κ1) is 12.1. The van der Waals surface area contributed by atoms with Gasteiger partial charge in [0.2, 0.25) is 0 Å². The van der Waals surface area contributed by atoms with Gasteiger partial charge >= 0.3 is 0 Å². The molecular formula is C14H19FN2. The van der Waals surface area contributed by atoms with Gasteiger partial charge in [-0.25, -0.2) is 9.37 Å². The number of aromatic nitrogens is 2. The van der Waals surface area contributed by atoms with Crippen molar-refractivity contribution in [1.82, 2.24) is 9.55 Å². The smallest absolute Gasteiger partial charge is 0.128 e. The van der Waals surface area contributed by atoms with Gasteiger partial charge in [-0.05, 0) is 38.3 Å². The van der Waals surface area contributed by atoms with Crippen LogP contribution in [0.1, 0.15) is 39.2 Å². The zero-order valence-electron chi connectivity index (χ0n) is 10.9. The molecule has 17 heavy (non-hydrogen) atoms. The molecule has 0 bridgehead atoms. The Morgan fingerprint density at radius 2 is 1.94 bits per heavy atom. The van der Waals surface area contributed by atoms with Gasteiger partial charge in [-0.3, -0.25) is 0 Å². The summed E-state index contributed by atoms with van der Waals surface area (Å²) in [5.74, 6) is -0.145. The molecule has 1 saturated carbocycles. The molecule has 0 aliphatic heterocycles. The fourth-order valence-electron chi connectivity index (χ4n) is 1.99. The highest BCUT2D eigenvalue weighted by Gasteiger charge is 2.40. The molecule has 2 nitrogen and oxygen atoms in total. The molecule has 3 rings (SSSR count). The summed E-state index contributed by atoms with van der Waals surface area (Å²) in [7, 11) is 0. The quantitative estimate of drug-likeness (QED) is 0.728. The standard InChI is InChI=1S/C12H13FN2.C2H6/c1-8-5-10-11(6-9(8)13)15(7-14-10)12(2)3-4-12;1-2/h5-7H,3-4H2,1-2H3;1-2H3. The Kier molecular flexibility index (Phi) is 2.94. The van der Waals surface area contributed by atoms with E-state index in [1.165, 1.54) is 0 Å². The van der Waals surface area contributed by atoms with Crippen LogP contribution in [0.3, 0.4) is 0 Å². The fraction of sp³-hybridized carbons (Fsp3) is 0.500. The normalized spacial score (nSPS) is 16.5. The number of hydrogen-bond acceptors (Lipinski definition) is 1. The van der Waals surface area contributed by atoms with Crippen molar-refractivity contribution in [2.75, 3.05) is 0 Å². The molecule has 1 aliphatic carbocycles. The second kappa shape index (κ2) is 4.13. The van der Waals surface area contributed by atoms with Gasteiger partial charge in [0.1, 0.15) is 5.82 Å². The fourth-order valence-corrected chi connectivity index (χ4v) is 1.99. The number of aryl methyl sites for hydroxylation is 1. The zero-order valence-corrected chi connectivity index (χ0v) is 10.9. The van der Waals surface area contributed by atoms with Gasteiger partial charge in [0.15, 0.2) is 0 Å². The lowest BCUT2D eigenvalue weighted by Gasteiger charge is -2.11. The molecule has 1 aromatic heterocycles. The SMILES string of the molecule is CC.Cc1cc2ncn(C3(C)CC3)c2cc1F. The lowest BCUT2D eigenvalue weighted by Crippen LogP contribution is -2.10. The van der Waals surface area contributed by atoms with E-state index in [9.17, 15) is 4.39 Å². The molecule has 2 aromatic rings. The van der Waals surface area contributed by atoms with Gasteiger partial charge in [0.25, 0.3) is 0 Å². The first-order valence-corrected chi connectivity index (χ1v) is 6.24. The van der Waals surface area contributed by atoms with Gasteiger partial charge in [0, 0.05) is 11.6 Å². The van der Waals surface area contributed by atoms with Gasteiger partial charge in [-0.1, -0.05) is 13.8 Å². The van der Waals surface area contributed by atoms with Gasteiger partial charge in [-0.15, -0.1) is 0 Å². The zero-order chi connectivity index (χ0) is 12.6. The van der Waals surface area contributed by atoms with Crippen LogP contribution in [-0.2, 0) is 5.54 Å². The summed E-state index contributed by atoms with van der Waals surface area (Å²) >= 11 is 0. The molecular weight excluding hydrogens is 215 g/mol. The van der Waals surface area contributed by atoms with Crippen molar-refractivity contribution >= 4 is 11.0 Å². The minimum Gasteiger partial charge on any atom is -0.325 e. The van der Waals surface area contributed by atoms with Crippen molar-refractivity contribution < 1.29 is 4.39 Å². The number of benzene rings is 1. The maximum absolute atomic E-state index is 13.5. The van der Waals surface area contributed by atoms with E-state index in [1.54, 1.807) is 13.0 Å². The summed E-state index contributed by atoms with van der Waals surface area (Å²) in [5, 5.41) is 0. The number of halogens is 1. The lowest BCUT2D eigenvalue weighted by atomic mass is 10.2. The van der Waals surface area contributed by atoms with E-state index in [0.717, 1.165) is 23.9 Å². The highest BCUT2D eigenvalue weighted by molar-refractivity contribution is 5.76. The topological polar surface area (TPSA) is 17.8 Å². The van der Waals surface area contributed by atoms with Crippen LogP contribution in [0.25, 0.3) is 11.0 Å². The van der Waals surface area contributed by atoms with Crippen LogP contribution in [0, 0.1) is 12.7 Å². The van der Waals surface area contributed by atoms with Crippen LogP contribution in [0.5, 0.6) is 0 Å². The Labute approximate surface area is 101 Å². The molecule has 3 heteroatoms. The van der Waals surface area contributed by atoms with Gasteiger partial charge in [-0.2, -0.15) is 0 Å². The number of nitrogens with zero attached hydrogens (tertiary/aromatic N) is 2. The highest BCUT2D eigenvalue weighted by atomic mass is 19.1. The molecule has 0 atom stereocenters. The third-order valence-corrected chi connectivity index (χ3v) is 3.38. The van der Waals surface area contributed by atoms with Crippen molar-refractivity contribution in [2.45, 2.75) is 46.1 Å². The summed E-state index contributed by atoms with van der Waals surface area (Å²) in [6, 6.07) is 3.41. The second-order valence-corrected chi connectivity index (χ2v) is 4.70. The lowest BCUT2D eigenvalue weighted by molar-refractivity contribution is 0.546. The molecule has 0 amide bonds. The summed E-state index contributed by atoms with van der Waals surface area (Å²) in [6.45, 7) is 7.96. The molecule has 0 N–H and O–H groups in total. The van der Waals surface area contributed by atoms with Crippen LogP contribution in [0.2, 0.25) is 0 Å². The summed E-state index contributed by atoms with van der Waals surface area (Å²) in [5.41, 5.74) is 2.64. The largest absolute Gasteiger partial charge is 0.325 e. The number of imidazole rings is 1. The second-order valence-electron chi connectivity index (χ2n) is 4.70. The maximum Gasteiger partial charge on any atom is 0.128 e. The van der Waals surface area contributed by atoms with E-state index in [4.69, 9.17) is 0 Å². The van der Waals surface area contributed by atoms with Crippen LogP contribution in [0.4, 0.5) is 4.39 Å². The van der Waals surface area contributed by atoms with Crippen LogP contribution in [-0.4, -0.2) is 9.55 Å². The molecule has 1 aliphatic rings. The monoisotopic (exact) mass is 234 g/mol. The minimum absolute atomic E-state index is 0.145. The molecule has 0 spiro atoms. The molecule has 0 saturated heterocycles. The average molecular weight is 234 g/mol. The van der Waals surface area contributed by atoms with Gasteiger partial charge < -0.3 is 4.57 Å². The van der Waals surface area contributed by atoms with E-state index in [1.807, 2.05) is 26.2 Å². The van der Waals surface area contributed by atoms with Crippen molar-refractivity contribution in [3.63, 3.8) is 0 Å². The first-order valence-electron chi connectivity index (χ1n) is 6.24. The third kappa shape index (κ3) is 1.94. The van der Waals surface area contributed by atoms with Crippen molar-refractivity contribution in [3.8, 4) is 0 Å². The van der Waals surface area contributed by atoms with E-state index in [2.05, 4.69) is 16.5 Å².